The number of alkyl halides is 1. The summed E-state index contributed by atoms with van der Waals surface area (Å²) in [7, 11) is 0. The van der Waals surface area contributed by atoms with E-state index in [0.29, 0.717) is 5.88 Å². The second-order valence-electron chi connectivity index (χ2n) is 4.82. The third kappa shape index (κ3) is 2.50. The van der Waals surface area contributed by atoms with Gasteiger partial charge in [-0.05, 0) is 24.4 Å². The van der Waals surface area contributed by atoms with Crippen molar-refractivity contribution in [1.29, 1.82) is 0 Å². The highest BCUT2D eigenvalue weighted by atomic mass is 35.5. The molecule has 0 atom stereocenters. The van der Waals surface area contributed by atoms with E-state index >= 15 is 0 Å². The third-order valence-electron chi connectivity index (χ3n) is 3.33. The minimum absolute atomic E-state index is 0.446. The molecule has 3 aromatic rings. The number of hydrogen-bond donors (Lipinski definition) is 0. The minimum atomic E-state index is 0.446. The fourth-order valence-corrected chi connectivity index (χ4v) is 2.52. The molecule has 0 aliphatic rings. The molecule has 0 aliphatic carbocycles. The van der Waals surface area contributed by atoms with E-state index in [2.05, 4.69) is 31.2 Å². The molecule has 0 aliphatic heterocycles. The Bertz CT molecular complexity index is 744. The van der Waals surface area contributed by atoms with Crippen molar-refractivity contribution < 1.29 is 4.74 Å². The summed E-state index contributed by atoms with van der Waals surface area (Å²) < 4.78 is 6.08. The number of rotatable bonds is 3. The first-order chi connectivity index (χ1) is 9.78. The molecular formula is C18H15ClO. The summed E-state index contributed by atoms with van der Waals surface area (Å²) in [5.74, 6) is 2.13. The van der Waals surface area contributed by atoms with Crippen LogP contribution >= 0.6 is 11.6 Å². The number of aryl methyl sites for hydroxylation is 1. The number of fused-ring (bicyclic) bond motifs is 1. The molecule has 3 rings (SSSR count). The lowest BCUT2D eigenvalue weighted by atomic mass is 10.1. The van der Waals surface area contributed by atoms with E-state index in [0.717, 1.165) is 22.4 Å². The van der Waals surface area contributed by atoms with Gasteiger partial charge in [-0.1, -0.05) is 54.1 Å². The van der Waals surface area contributed by atoms with Crippen LogP contribution in [0.4, 0.5) is 0 Å². The molecular weight excluding hydrogens is 268 g/mol. The lowest BCUT2D eigenvalue weighted by molar-refractivity contribution is 0.484. The first kappa shape index (κ1) is 13.0. The first-order valence-electron chi connectivity index (χ1n) is 6.59. The van der Waals surface area contributed by atoms with Crippen LogP contribution in [-0.4, -0.2) is 0 Å². The van der Waals surface area contributed by atoms with Crippen LogP contribution in [0.25, 0.3) is 10.8 Å². The molecule has 2 heteroatoms. The molecule has 0 bridgehead atoms. The zero-order valence-corrected chi connectivity index (χ0v) is 12.0. The smallest absolute Gasteiger partial charge is 0.135 e. The standard InChI is InChI=1S/C18H15ClO/c1-13-9-10-17(15(11-13)12-19)20-18-8-4-6-14-5-2-3-7-16(14)18/h2-11H,12H2,1H3. The van der Waals surface area contributed by atoms with Gasteiger partial charge in [0.05, 0.1) is 5.88 Å². The summed E-state index contributed by atoms with van der Waals surface area (Å²) in [5.41, 5.74) is 2.20. The Kier molecular flexibility index (Phi) is 3.62. The molecule has 0 N–H and O–H groups in total. The van der Waals surface area contributed by atoms with Crippen molar-refractivity contribution in [2.75, 3.05) is 0 Å². The molecule has 0 radical (unpaired) electrons. The lowest BCUT2D eigenvalue weighted by Gasteiger charge is -2.12. The Labute approximate surface area is 123 Å². The molecule has 0 spiro atoms. The Balaban J connectivity index is 2.05. The van der Waals surface area contributed by atoms with Crippen molar-refractivity contribution in [3.63, 3.8) is 0 Å². The van der Waals surface area contributed by atoms with E-state index in [1.54, 1.807) is 0 Å². The van der Waals surface area contributed by atoms with Gasteiger partial charge in [0.25, 0.3) is 0 Å². The maximum Gasteiger partial charge on any atom is 0.135 e. The van der Waals surface area contributed by atoms with Crippen molar-refractivity contribution in [3.8, 4) is 11.5 Å². The van der Waals surface area contributed by atoms with Crippen LogP contribution in [-0.2, 0) is 5.88 Å². The molecule has 3 aromatic carbocycles. The highest BCUT2D eigenvalue weighted by molar-refractivity contribution is 6.17. The summed E-state index contributed by atoms with van der Waals surface area (Å²) in [6.45, 7) is 2.05. The van der Waals surface area contributed by atoms with Crippen LogP contribution in [0.5, 0.6) is 11.5 Å². The fraction of sp³-hybridized carbons (Fsp3) is 0.111. The van der Waals surface area contributed by atoms with E-state index in [9.17, 15) is 0 Å². The van der Waals surface area contributed by atoms with E-state index in [4.69, 9.17) is 16.3 Å². The zero-order valence-electron chi connectivity index (χ0n) is 11.3. The van der Waals surface area contributed by atoms with Crippen LogP contribution in [0.3, 0.4) is 0 Å². The SMILES string of the molecule is Cc1ccc(Oc2cccc3ccccc23)c(CCl)c1. The second-order valence-corrected chi connectivity index (χ2v) is 5.09. The summed E-state index contributed by atoms with van der Waals surface area (Å²) in [4.78, 5) is 0. The molecule has 0 unspecified atom stereocenters. The predicted molar refractivity (Wildman–Crippen MR) is 84.8 cm³/mol. The van der Waals surface area contributed by atoms with Crippen molar-refractivity contribution in [2.24, 2.45) is 0 Å². The molecule has 0 saturated heterocycles. The van der Waals surface area contributed by atoms with Crippen LogP contribution in [0.2, 0.25) is 0 Å². The molecule has 100 valence electrons. The van der Waals surface area contributed by atoms with Crippen LogP contribution in [0.15, 0.2) is 60.7 Å². The molecule has 1 nitrogen and oxygen atoms in total. The van der Waals surface area contributed by atoms with Gasteiger partial charge < -0.3 is 4.74 Å². The van der Waals surface area contributed by atoms with Crippen molar-refractivity contribution in [3.05, 3.63) is 71.8 Å². The maximum atomic E-state index is 6.08. The van der Waals surface area contributed by atoms with E-state index in [1.165, 1.54) is 10.9 Å². The average Bonchev–Trinajstić information content (AvgIpc) is 2.49. The van der Waals surface area contributed by atoms with E-state index < -0.39 is 0 Å². The Morgan fingerprint density at radius 2 is 1.70 bits per heavy atom. The van der Waals surface area contributed by atoms with Gasteiger partial charge in [0.2, 0.25) is 0 Å². The van der Waals surface area contributed by atoms with Gasteiger partial charge >= 0.3 is 0 Å². The summed E-state index contributed by atoms with van der Waals surface area (Å²) in [6.07, 6.45) is 0. The highest BCUT2D eigenvalue weighted by Gasteiger charge is 2.07. The largest absolute Gasteiger partial charge is 0.456 e. The minimum Gasteiger partial charge on any atom is -0.456 e. The number of ether oxygens (including phenoxy) is 1. The van der Waals surface area contributed by atoms with Crippen LogP contribution < -0.4 is 4.74 Å². The van der Waals surface area contributed by atoms with E-state index in [-0.39, 0.29) is 0 Å². The Hall–Kier alpha value is -1.99. The van der Waals surface area contributed by atoms with Gasteiger partial charge in [0.1, 0.15) is 11.5 Å². The van der Waals surface area contributed by atoms with E-state index in [1.807, 2.05) is 36.4 Å². The van der Waals surface area contributed by atoms with Crippen LogP contribution in [0, 0.1) is 6.92 Å². The third-order valence-corrected chi connectivity index (χ3v) is 3.62. The Morgan fingerprint density at radius 1 is 0.900 bits per heavy atom. The molecule has 0 fully saturated rings. The van der Waals surface area contributed by atoms with Gasteiger partial charge in [0, 0.05) is 10.9 Å². The Morgan fingerprint density at radius 3 is 2.55 bits per heavy atom. The number of benzene rings is 3. The fourth-order valence-electron chi connectivity index (χ4n) is 2.32. The zero-order chi connectivity index (χ0) is 13.9. The monoisotopic (exact) mass is 282 g/mol. The quantitative estimate of drug-likeness (QED) is 0.562. The molecule has 0 aromatic heterocycles. The molecule has 0 saturated carbocycles. The first-order valence-corrected chi connectivity index (χ1v) is 7.12. The normalized spacial score (nSPS) is 10.7. The maximum absolute atomic E-state index is 6.08. The topological polar surface area (TPSA) is 9.23 Å². The summed E-state index contributed by atoms with van der Waals surface area (Å²) in [6, 6.07) is 20.4. The van der Waals surface area contributed by atoms with Gasteiger partial charge in [-0.2, -0.15) is 0 Å². The van der Waals surface area contributed by atoms with Gasteiger partial charge in [-0.3, -0.25) is 0 Å². The second kappa shape index (κ2) is 5.56. The molecule has 0 amide bonds. The number of hydrogen-bond acceptors (Lipinski definition) is 1. The molecule has 20 heavy (non-hydrogen) atoms. The summed E-state index contributed by atoms with van der Waals surface area (Å²) in [5, 5.41) is 2.28. The van der Waals surface area contributed by atoms with Crippen molar-refractivity contribution >= 4 is 22.4 Å². The molecule has 0 heterocycles. The number of halogens is 1. The van der Waals surface area contributed by atoms with Gasteiger partial charge in [-0.15, -0.1) is 11.6 Å². The highest BCUT2D eigenvalue weighted by Crippen LogP contribution is 2.32. The van der Waals surface area contributed by atoms with Crippen molar-refractivity contribution in [1.82, 2.24) is 0 Å². The van der Waals surface area contributed by atoms with Gasteiger partial charge in [-0.25, -0.2) is 0 Å². The van der Waals surface area contributed by atoms with Gasteiger partial charge in [0.15, 0.2) is 0 Å². The summed E-state index contributed by atoms with van der Waals surface area (Å²) >= 11 is 6.01. The van der Waals surface area contributed by atoms with Crippen LogP contribution in [0.1, 0.15) is 11.1 Å². The predicted octanol–water partition coefficient (Wildman–Crippen LogP) is 5.68. The lowest BCUT2D eigenvalue weighted by Crippen LogP contribution is -1.91. The average molecular weight is 283 g/mol. The van der Waals surface area contributed by atoms with Crippen molar-refractivity contribution in [2.45, 2.75) is 12.8 Å².